The van der Waals surface area contributed by atoms with E-state index in [1.807, 2.05) is 35.0 Å². The number of fused-ring (bicyclic) bond motifs is 1. The van der Waals surface area contributed by atoms with E-state index in [4.69, 9.17) is 5.73 Å². The molecule has 2 aromatic heterocycles. The third kappa shape index (κ3) is 2.61. The fraction of sp³-hybridized carbons (Fsp3) is 0.222. The topological polar surface area (TPSA) is 43.3 Å². The van der Waals surface area contributed by atoms with Crippen LogP contribution < -0.4 is 5.73 Å². The van der Waals surface area contributed by atoms with Gasteiger partial charge in [-0.1, -0.05) is 6.07 Å². The highest BCUT2D eigenvalue weighted by atomic mass is 35.5. The quantitative estimate of drug-likeness (QED) is 0.859. The van der Waals surface area contributed by atoms with E-state index in [2.05, 4.69) is 4.98 Å². The molecule has 0 radical (unpaired) electrons. The molecule has 3 nitrogen and oxygen atoms in total. The SMILES string of the molecule is Cl.Cl.NCCc1cn2ccccc2n1. The molecule has 0 amide bonds. The third-order valence-corrected chi connectivity index (χ3v) is 1.81. The van der Waals surface area contributed by atoms with Crippen LogP contribution in [0.1, 0.15) is 5.69 Å². The van der Waals surface area contributed by atoms with Crippen LogP contribution in [0.4, 0.5) is 0 Å². The number of halogens is 2. The largest absolute Gasteiger partial charge is 0.330 e. The van der Waals surface area contributed by atoms with Gasteiger partial charge in [0.2, 0.25) is 0 Å². The molecule has 14 heavy (non-hydrogen) atoms. The van der Waals surface area contributed by atoms with Crippen molar-refractivity contribution in [1.29, 1.82) is 0 Å². The van der Waals surface area contributed by atoms with Crippen molar-refractivity contribution >= 4 is 30.5 Å². The van der Waals surface area contributed by atoms with Crippen molar-refractivity contribution in [1.82, 2.24) is 9.38 Å². The van der Waals surface area contributed by atoms with Crippen LogP contribution in [0.3, 0.4) is 0 Å². The van der Waals surface area contributed by atoms with E-state index in [9.17, 15) is 0 Å². The predicted molar refractivity (Wildman–Crippen MR) is 62.4 cm³/mol. The second-order valence-electron chi connectivity index (χ2n) is 2.74. The molecule has 0 aliphatic carbocycles. The van der Waals surface area contributed by atoms with Gasteiger partial charge in [-0.05, 0) is 18.7 Å². The second kappa shape index (κ2) is 5.86. The summed E-state index contributed by atoms with van der Waals surface area (Å²) in [6.07, 6.45) is 4.85. The minimum atomic E-state index is 0. The van der Waals surface area contributed by atoms with Crippen molar-refractivity contribution in [2.45, 2.75) is 6.42 Å². The van der Waals surface area contributed by atoms with E-state index in [1.165, 1.54) is 0 Å². The summed E-state index contributed by atoms with van der Waals surface area (Å²) in [6.45, 7) is 0.657. The molecule has 2 rings (SSSR count). The van der Waals surface area contributed by atoms with Crippen LogP contribution in [-0.2, 0) is 6.42 Å². The maximum Gasteiger partial charge on any atom is 0.136 e. The molecule has 0 atom stereocenters. The fourth-order valence-corrected chi connectivity index (χ4v) is 1.26. The van der Waals surface area contributed by atoms with Crippen LogP contribution >= 0.6 is 24.8 Å². The number of nitrogens with zero attached hydrogens (tertiary/aromatic N) is 2. The molecule has 0 saturated heterocycles. The van der Waals surface area contributed by atoms with E-state index >= 15 is 0 Å². The minimum absolute atomic E-state index is 0. The summed E-state index contributed by atoms with van der Waals surface area (Å²) >= 11 is 0. The van der Waals surface area contributed by atoms with Crippen LogP contribution in [-0.4, -0.2) is 15.9 Å². The fourth-order valence-electron chi connectivity index (χ4n) is 1.26. The average molecular weight is 234 g/mol. The molecule has 0 saturated carbocycles. The van der Waals surface area contributed by atoms with Crippen LogP contribution in [0.5, 0.6) is 0 Å². The van der Waals surface area contributed by atoms with E-state index in [0.717, 1.165) is 17.8 Å². The Balaban J connectivity index is 0.000000845. The first-order valence-electron chi connectivity index (χ1n) is 4.03. The molecule has 2 heterocycles. The van der Waals surface area contributed by atoms with E-state index in [-0.39, 0.29) is 24.8 Å². The first-order valence-corrected chi connectivity index (χ1v) is 4.03. The van der Waals surface area contributed by atoms with Gasteiger partial charge in [-0.2, -0.15) is 0 Å². The second-order valence-corrected chi connectivity index (χ2v) is 2.74. The minimum Gasteiger partial charge on any atom is -0.330 e. The Hall–Kier alpha value is -0.770. The van der Waals surface area contributed by atoms with Crippen molar-refractivity contribution in [2.24, 2.45) is 5.73 Å². The number of pyridine rings is 1. The normalized spacial score (nSPS) is 9.21. The lowest BCUT2D eigenvalue weighted by Crippen LogP contribution is -2.02. The van der Waals surface area contributed by atoms with Crippen LogP contribution in [0.2, 0.25) is 0 Å². The molecule has 0 spiro atoms. The molecule has 78 valence electrons. The van der Waals surface area contributed by atoms with Crippen molar-refractivity contribution < 1.29 is 0 Å². The number of aromatic nitrogens is 2. The van der Waals surface area contributed by atoms with Crippen LogP contribution in [0, 0.1) is 0 Å². The van der Waals surface area contributed by atoms with Gasteiger partial charge in [0, 0.05) is 18.8 Å². The lowest BCUT2D eigenvalue weighted by Gasteiger charge is -1.86. The molecular weight excluding hydrogens is 221 g/mol. The summed E-state index contributed by atoms with van der Waals surface area (Å²) in [5.41, 5.74) is 7.48. The molecule has 0 fully saturated rings. The first-order chi connectivity index (χ1) is 5.90. The number of nitrogens with two attached hydrogens (primary N) is 1. The van der Waals surface area contributed by atoms with E-state index in [0.29, 0.717) is 6.54 Å². The molecule has 0 aliphatic rings. The summed E-state index contributed by atoms with van der Waals surface area (Å²) in [4.78, 5) is 4.39. The van der Waals surface area contributed by atoms with Gasteiger partial charge >= 0.3 is 0 Å². The third-order valence-electron chi connectivity index (χ3n) is 1.81. The molecule has 0 aliphatic heterocycles. The lowest BCUT2D eigenvalue weighted by atomic mass is 10.3. The van der Waals surface area contributed by atoms with Crippen molar-refractivity contribution in [3.63, 3.8) is 0 Å². The van der Waals surface area contributed by atoms with E-state index in [1.54, 1.807) is 0 Å². The predicted octanol–water partition coefficient (Wildman–Crippen LogP) is 1.68. The highest BCUT2D eigenvalue weighted by molar-refractivity contribution is 5.85. The summed E-state index contributed by atoms with van der Waals surface area (Å²) in [6, 6.07) is 5.95. The van der Waals surface area contributed by atoms with Gasteiger partial charge in [0.15, 0.2) is 0 Å². The summed E-state index contributed by atoms with van der Waals surface area (Å²) in [7, 11) is 0. The van der Waals surface area contributed by atoms with Gasteiger partial charge in [-0.25, -0.2) is 4.98 Å². The zero-order valence-electron chi connectivity index (χ0n) is 7.59. The number of imidazole rings is 1. The number of hydrogen-bond donors (Lipinski definition) is 1. The Morgan fingerprint density at radius 1 is 1.29 bits per heavy atom. The highest BCUT2D eigenvalue weighted by Gasteiger charge is 1.97. The Labute approximate surface area is 95.1 Å². The molecule has 0 unspecified atom stereocenters. The monoisotopic (exact) mass is 233 g/mol. The number of rotatable bonds is 2. The van der Waals surface area contributed by atoms with Gasteiger partial charge in [0.1, 0.15) is 5.65 Å². The molecule has 2 N–H and O–H groups in total. The Bertz CT molecular complexity index is 353. The average Bonchev–Trinajstić information content (AvgIpc) is 2.47. The Morgan fingerprint density at radius 3 is 2.71 bits per heavy atom. The summed E-state index contributed by atoms with van der Waals surface area (Å²) in [5, 5.41) is 0. The zero-order chi connectivity index (χ0) is 8.39. The van der Waals surface area contributed by atoms with E-state index < -0.39 is 0 Å². The van der Waals surface area contributed by atoms with Gasteiger partial charge in [0.05, 0.1) is 5.69 Å². The number of hydrogen-bond acceptors (Lipinski definition) is 2. The maximum atomic E-state index is 5.43. The highest BCUT2D eigenvalue weighted by Crippen LogP contribution is 2.03. The maximum absolute atomic E-state index is 5.43. The molecule has 5 heteroatoms. The van der Waals surface area contributed by atoms with Crippen LogP contribution in [0.25, 0.3) is 5.65 Å². The molecule has 0 bridgehead atoms. The molecule has 0 aromatic carbocycles. The standard InChI is InChI=1S/C9H11N3.2ClH/c10-5-4-8-7-12-6-2-1-3-9(12)11-8;;/h1-3,6-7H,4-5,10H2;2*1H. The summed E-state index contributed by atoms with van der Waals surface area (Å²) in [5.74, 6) is 0. The van der Waals surface area contributed by atoms with Crippen molar-refractivity contribution in [2.75, 3.05) is 6.54 Å². The van der Waals surface area contributed by atoms with Gasteiger partial charge < -0.3 is 10.1 Å². The van der Waals surface area contributed by atoms with Gasteiger partial charge in [0.25, 0.3) is 0 Å². The van der Waals surface area contributed by atoms with Gasteiger partial charge in [-0.3, -0.25) is 0 Å². The van der Waals surface area contributed by atoms with Crippen molar-refractivity contribution in [3.05, 3.63) is 36.3 Å². The Kier molecular flexibility index (Phi) is 5.53. The molecular formula is C9H13Cl2N3. The summed E-state index contributed by atoms with van der Waals surface area (Å²) < 4.78 is 2.00. The lowest BCUT2D eigenvalue weighted by molar-refractivity contribution is 0.937. The Morgan fingerprint density at radius 2 is 2.07 bits per heavy atom. The molecule has 2 aromatic rings. The van der Waals surface area contributed by atoms with Crippen LogP contribution in [0.15, 0.2) is 30.6 Å². The van der Waals surface area contributed by atoms with Crippen molar-refractivity contribution in [3.8, 4) is 0 Å². The first kappa shape index (κ1) is 13.2. The van der Waals surface area contributed by atoms with Gasteiger partial charge in [-0.15, -0.1) is 24.8 Å². The smallest absolute Gasteiger partial charge is 0.136 e. The zero-order valence-corrected chi connectivity index (χ0v) is 9.22.